The Hall–Kier alpha value is -1.59. The maximum absolute atomic E-state index is 12.6. The van der Waals surface area contributed by atoms with Gasteiger partial charge in [0.1, 0.15) is 0 Å². The molecule has 5 nitrogen and oxygen atoms in total. The second kappa shape index (κ2) is 7.75. The molecule has 0 spiro atoms. The molecule has 1 aromatic rings. The van der Waals surface area contributed by atoms with Crippen LogP contribution in [0, 0.1) is 5.92 Å². The number of nitrogens with zero attached hydrogens (tertiary/aromatic N) is 1. The van der Waals surface area contributed by atoms with Crippen molar-refractivity contribution in [2.75, 3.05) is 20.3 Å². The number of rotatable bonds is 5. The molecule has 0 saturated carbocycles. The van der Waals surface area contributed by atoms with Crippen molar-refractivity contribution in [3.63, 3.8) is 0 Å². The molecule has 2 heterocycles. The van der Waals surface area contributed by atoms with E-state index in [-0.39, 0.29) is 42.4 Å². The molecule has 0 radical (unpaired) electrons. The number of halogens is 1. The Morgan fingerprint density at radius 3 is 2.60 bits per heavy atom. The molecule has 6 heteroatoms. The van der Waals surface area contributed by atoms with Crippen molar-refractivity contribution in [2.24, 2.45) is 5.92 Å². The van der Waals surface area contributed by atoms with Crippen molar-refractivity contribution in [2.45, 2.75) is 44.2 Å². The van der Waals surface area contributed by atoms with Crippen LogP contribution in [0.15, 0.2) is 24.3 Å². The number of benzene rings is 1. The SMILES string of the molecule is CCOC(=O)CN1C2CCC1C(C(=O)OC)[C@@H](c1ccc(Cl)cc1)C2. The number of carbonyl (C=O) groups is 2. The summed E-state index contributed by atoms with van der Waals surface area (Å²) in [6.45, 7) is 2.41. The summed E-state index contributed by atoms with van der Waals surface area (Å²) in [5.74, 6) is -0.632. The Morgan fingerprint density at radius 1 is 1.24 bits per heavy atom. The summed E-state index contributed by atoms with van der Waals surface area (Å²) in [5, 5.41) is 0.682. The van der Waals surface area contributed by atoms with Gasteiger partial charge in [0.15, 0.2) is 0 Å². The zero-order chi connectivity index (χ0) is 18.0. The van der Waals surface area contributed by atoms with E-state index in [2.05, 4.69) is 4.90 Å². The van der Waals surface area contributed by atoms with Crippen LogP contribution in [0.5, 0.6) is 0 Å². The predicted octanol–water partition coefficient (Wildman–Crippen LogP) is 3.01. The van der Waals surface area contributed by atoms with Gasteiger partial charge in [0, 0.05) is 23.0 Å². The molecule has 2 bridgehead atoms. The first-order chi connectivity index (χ1) is 12.0. The zero-order valence-electron chi connectivity index (χ0n) is 14.6. The number of esters is 2. The third-order valence-corrected chi connectivity index (χ3v) is 5.71. The smallest absolute Gasteiger partial charge is 0.320 e. The minimum absolute atomic E-state index is 0.0104. The number of methoxy groups -OCH3 is 1. The summed E-state index contributed by atoms with van der Waals surface area (Å²) in [4.78, 5) is 26.7. The van der Waals surface area contributed by atoms with Crippen LogP contribution in [0.1, 0.15) is 37.7 Å². The molecule has 2 saturated heterocycles. The summed E-state index contributed by atoms with van der Waals surface area (Å²) in [7, 11) is 1.43. The number of carbonyl (C=O) groups excluding carboxylic acids is 2. The van der Waals surface area contributed by atoms with Gasteiger partial charge < -0.3 is 9.47 Å². The van der Waals surface area contributed by atoms with Crippen LogP contribution >= 0.6 is 11.6 Å². The first-order valence-corrected chi connectivity index (χ1v) is 9.17. The van der Waals surface area contributed by atoms with Crippen molar-refractivity contribution < 1.29 is 19.1 Å². The van der Waals surface area contributed by atoms with E-state index in [1.54, 1.807) is 6.92 Å². The second-order valence-electron chi connectivity index (χ2n) is 6.72. The van der Waals surface area contributed by atoms with Gasteiger partial charge in [-0.15, -0.1) is 0 Å². The van der Waals surface area contributed by atoms with Crippen LogP contribution in [-0.4, -0.2) is 49.2 Å². The average Bonchev–Trinajstić information content (AvgIpc) is 2.86. The molecule has 2 aliphatic heterocycles. The molecule has 25 heavy (non-hydrogen) atoms. The minimum atomic E-state index is -0.278. The van der Waals surface area contributed by atoms with Crippen molar-refractivity contribution in [3.8, 4) is 0 Å². The van der Waals surface area contributed by atoms with Crippen molar-refractivity contribution in [1.29, 1.82) is 0 Å². The highest BCUT2D eigenvalue weighted by Gasteiger charge is 2.51. The molecule has 0 aliphatic carbocycles. The highest BCUT2D eigenvalue weighted by atomic mass is 35.5. The van der Waals surface area contributed by atoms with Crippen LogP contribution in [0.2, 0.25) is 5.02 Å². The topological polar surface area (TPSA) is 55.8 Å². The highest BCUT2D eigenvalue weighted by molar-refractivity contribution is 6.30. The normalized spacial score (nSPS) is 28.6. The van der Waals surface area contributed by atoms with Gasteiger partial charge in [0.05, 0.1) is 26.2 Å². The lowest BCUT2D eigenvalue weighted by molar-refractivity contribution is -0.154. The summed E-state index contributed by atoms with van der Waals surface area (Å²) in [6, 6.07) is 8.00. The van der Waals surface area contributed by atoms with Crippen LogP contribution in [-0.2, 0) is 19.1 Å². The van der Waals surface area contributed by atoms with E-state index in [0.29, 0.717) is 11.6 Å². The van der Waals surface area contributed by atoms with Gasteiger partial charge in [0.25, 0.3) is 0 Å². The van der Waals surface area contributed by atoms with E-state index in [0.717, 1.165) is 24.8 Å². The van der Waals surface area contributed by atoms with E-state index in [1.807, 2.05) is 24.3 Å². The Morgan fingerprint density at radius 2 is 1.96 bits per heavy atom. The zero-order valence-corrected chi connectivity index (χ0v) is 15.4. The molecule has 0 aromatic heterocycles. The van der Waals surface area contributed by atoms with Gasteiger partial charge >= 0.3 is 11.9 Å². The van der Waals surface area contributed by atoms with Crippen LogP contribution in [0.3, 0.4) is 0 Å². The molecule has 0 N–H and O–H groups in total. The average molecular weight is 366 g/mol. The maximum atomic E-state index is 12.6. The fourth-order valence-electron chi connectivity index (χ4n) is 4.43. The van der Waals surface area contributed by atoms with Gasteiger partial charge in [-0.2, -0.15) is 0 Å². The Labute approximate surface area is 153 Å². The number of piperidine rings is 1. The van der Waals surface area contributed by atoms with Crippen molar-refractivity contribution in [1.82, 2.24) is 4.90 Å². The fourth-order valence-corrected chi connectivity index (χ4v) is 4.55. The number of ether oxygens (including phenoxy) is 2. The van der Waals surface area contributed by atoms with Gasteiger partial charge in [-0.1, -0.05) is 23.7 Å². The second-order valence-corrected chi connectivity index (χ2v) is 7.16. The summed E-state index contributed by atoms with van der Waals surface area (Å²) >= 11 is 6.01. The van der Waals surface area contributed by atoms with Gasteiger partial charge in [0.2, 0.25) is 0 Å². The van der Waals surface area contributed by atoms with Crippen LogP contribution in [0.25, 0.3) is 0 Å². The lowest BCUT2D eigenvalue weighted by Crippen LogP contribution is -2.52. The number of hydrogen-bond donors (Lipinski definition) is 0. The lowest BCUT2D eigenvalue weighted by Gasteiger charge is -2.43. The summed E-state index contributed by atoms with van der Waals surface area (Å²) in [6.07, 6.45) is 2.72. The first kappa shape index (κ1) is 18.2. The van der Waals surface area contributed by atoms with Gasteiger partial charge in [-0.05, 0) is 43.9 Å². The maximum Gasteiger partial charge on any atom is 0.320 e. The van der Waals surface area contributed by atoms with E-state index in [1.165, 1.54) is 7.11 Å². The molecule has 4 atom stereocenters. The standard InChI is InChI=1S/C19H24ClNO4/c1-3-25-17(22)11-21-14-8-9-16(21)18(19(23)24-2)15(10-14)12-4-6-13(20)7-5-12/h4-7,14-16,18H,3,8-11H2,1-2H3/t14?,15-,16?,18?/m1/s1. The number of fused-ring (bicyclic) bond motifs is 2. The molecule has 1 aromatic carbocycles. The third kappa shape index (κ3) is 3.67. The molecule has 3 unspecified atom stereocenters. The van der Waals surface area contributed by atoms with Crippen LogP contribution < -0.4 is 0 Å². The van der Waals surface area contributed by atoms with E-state index in [4.69, 9.17) is 21.1 Å². The van der Waals surface area contributed by atoms with E-state index < -0.39 is 0 Å². The van der Waals surface area contributed by atoms with Crippen LogP contribution in [0.4, 0.5) is 0 Å². The molecule has 136 valence electrons. The monoisotopic (exact) mass is 365 g/mol. The molecule has 3 rings (SSSR count). The fraction of sp³-hybridized carbons (Fsp3) is 0.579. The third-order valence-electron chi connectivity index (χ3n) is 5.45. The molecule has 2 fully saturated rings. The Kier molecular flexibility index (Phi) is 5.64. The largest absolute Gasteiger partial charge is 0.469 e. The summed E-state index contributed by atoms with van der Waals surface area (Å²) in [5.41, 5.74) is 1.10. The summed E-state index contributed by atoms with van der Waals surface area (Å²) < 4.78 is 10.2. The Balaban J connectivity index is 1.86. The molecular formula is C19H24ClNO4. The van der Waals surface area contributed by atoms with Gasteiger partial charge in [-0.25, -0.2) is 0 Å². The van der Waals surface area contributed by atoms with Crippen molar-refractivity contribution in [3.05, 3.63) is 34.9 Å². The minimum Gasteiger partial charge on any atom is -0.469 e. The predicted molar refractivity (Wildman–Crippen MR) is 94.5 cm³/mol. The molecule has 0 amide bonds. The molecular weight excluding hydrogens is 342 g/mol. The van der Waals surface area contributed by atoms with Gasteiger partial charge in [-0.3, -0.25) is 14.5 Å². The quantitative estimate of drug-likeness (QED) is 0.751. The number of hydrogen-bond acceptors (Lipinski definition) is 5. The lowest BCUT2D eigenvalue weighted by atomic mass is 9.76. The Bertz CT molecular complexity index is 633. The first-order valence-electron chi connectivity index (χ1n) is 8.79. The van der Waals surface area contributed by atoms with Crippen molar-refractivity contribution >= 4 is 23.5 Å². The van der Waals surface area contributed by atoms with E-state index in [9.17, 15) is 9.59 Å². The highest BCUT2D eigenvalue weighted by Crippen LogP contribution is 2.47. The van der Waals surface area contributed by atoms with E-state index >= 15 is 0 Å². The molecule has 2 aliphatic rings.